The number of carbonyl (C=O) groups excluding carboxylic acids is 1. The van der Waals surface area contributed by atoms with Crippen LogP contribution in [0.3, 0.4) is 0 Å². The topological polar surface area (TPSA) is 91.6 Å². The first-order chi connectivity index (χ1) is 12.2. The van der Waals surface area contributed by atoms with Crippen molar-refractivity contribution in [2.45, 2.75) is 71.4 Å². The first-order valence-electron chi connectivity index (χ1n) is 9.38. The molecule has 0 spiro atoms. The Morgan fingerprint density at radius 1 is 1.19 bits per heavy atom. The van der Waals surface area contributed by atoms with Crippen LogP contribution in [0.15, 0.2) is 9.52 Å². The molecule has 0 saturated heterocycles. The van der Waals surface area contributed by atoms with Crippen LogP contribution < -0.4 is 16.0 Å². The second-order valence-corrected chi connectivity index (χ2v) is 6.42. The molecule has 8 heteroatoms. The lowest BCUT2D eigenvalue weighted by Crippen LogP contribution is -2.45. The van der Waals surface area contributed by atoms with E-state index in [1.165, 1.54) is 19.3 Å². The summed E-state index contributed by atoms with van der Waals surface area (Å²) in [6.45, 7) is 4.91. The largest absolute Gasteiger partial charge is 0.361 e. The molecule has 0 aromatic carbocycles. The number of hydrogen-bond acceptors (Lipinski definition) is 4. The van der Waals surface area contributed by atoms with Crippen molar-refractivity contribution < 1.29 is 9.32 Å². The van der Waals surface area contributed by atoms with Crippen molar-refractivity contribution >= 4 is 35.8 Å². The predicted molar refractivity (Wildman–Crippen MR) is 114 cm³/mol. The van der Waals surface area contributed by atoms with Gasteiger partial charge in [0.2, 0.25) is 5.91 Å². The van der Waals surface area contributed by atoms with Gasteiger partial charge in [0.15, 0.2) is 5.96 Å². The third kappa shape index (κ3) is 6.77. The Labute approximate surface area is 173 Å². The Hall–Kier alpha value is -1.32. The van der Waals surface area contributed by atoms with Crippen LogP contribution in [0.1, 0.15) is 63.0 Å². The quantitative estimate of drug-likeness (QED) is 0.319. The summed E-state index contributed by atoms with van der Waals surface area (Å²) in [7, 11) is 1.70. The molecule has 3 N–H and O–H groups in total. The molecule has 1 saturated carbocycles. The molecule has 0 unspecified atom stereocenters. The molecule has 1 aliphatic rings. The number of hydrogen-bond donors (Lipinski definition) is 3. The van der Waals surface area contributed by atoms with E-state index in [-0.39, 0.29) is 36.4 Å². The molecule has 1 amide bonds. The van der Waals surface area contributed by atoms with Crippen molar-refractivity contribution in [2.24, 2.45) is 4.99 Å². The standard InChI is InChI=1S/C18H31N5O2.HI/c1-4-15-14(16(5-2)25-23-15)11-20-18(19-3)21-12-17(24)22-13-9-7-6-8-10-13;/h13H,4-12H2,1-3H3,(H,22,24)(H2,19,20,21);1H. The highest BCUT2D eigenvalue weighted by Gasteiger charge is 2.16. The second-order valence-electron chi connectivity index (χ2n) is 6.42. The van der Waals surface area contributed by atoms with Gasteiger partial charge < -0.3 is 20.5 Å². The van der Waals surface area contributed by atoms with Crippen LogP contribution in [-0.2, 0) is 24.2 Å². The van der Waals surface area contributed by atoms with E-state index in [2.05, 4.69) is 33.0 Å². The molecule has 1 fully saturated rings. The summed E-state index contributed by atoms with van der Waals surface area (Å²) in [5, 5.41) is 13.5. The number of aromatic nitrogens is 1. The van der Waals surface area contributed by atoms with Crippen LogP contribution in [-0.4, -0.2) is 36.7 Å². The van der Waals surface area contributed by atoms with Gasteiger partial charge in [-0.3, -0.25) is 9.79 Å². The summed E-state index contributed by atoms with van der Waals surface area (Å²) < 4.78 is 5.37. The third-order valence-electron chi connectivity index (χ3n) is 4.65. The van der Waals surface area contributed by atoms with Gasteiger partial charge in [0.1, 0.15) is 5.76 Å². The van der Waals surface area contributed by atoms with Crippen molar-refractivity contribution in [2.75, 3.05) is 13.6 Å². The molecule has 0 bridgehead atoms. The molecule has 2 rings (SSSR count). The van der Waals surface area contributed by atoms with Crippen LogP contribution in [0.25, 0.3) is 0 Å². The molecule has 26 heavy (non-hydrogen) atoms. The number of halogens is 1. The molecule has 0 aliphatic heterocycles. The van der Waals surface area contributed by atoms with Crippen molar-refractivity contribution in [3.63, 3.8) is 0 Å². The van der Waals surface area contributed by atoms with Gasteiger partial charge >= 0.3 is 0 Å². The van der Waals surface area contributed by atoms with Crippen molar-refractivity contribution in [3.05, 3.63) is 17.0 Å². The van der Waals surface area contributed by atoms with Gasteiger partial charge in [0.05, 0.1) is 12.2 Å². The third-order valence-corrected chi connectivity index (χ3v) is 4.65. The minimum absolute atomic E-state index is 0. The number of nitrogens with zero attached hydrogens (tertiary/aromatic N) is 2. The van der Waals surface area contributed by atoms with Gasteiger partial charge in [0, 0.05) is 31.6 Å². The molecule has 0 radical (unpaired) electrons. The maximum atomic E-state index is 12.1. The molecule has 148 valence electrons. The molecule has 1 heterocycles. The van der Waals surface area contributed by atoms with E-state index in [9.17, 15) is 4.79 Å². The minimum atomic E-state index is 0. The van der Waals surface area contributed by atoms with Crippen molar-refractivity contribution in [1.29, 1.82) is 0 Å². The molecular weight excluding hydrogens is 445 g/mol. The zero-order chi connectivity index (χ0) is 18.1. The lowest BCUT2D eigenvalue weighted by Gasteiger charge is -2.23. The van der Waals surface area contributed by atoms with Crippen LogP contribution >= 0.6 is 24.0 Å². The number of aliphatic imine (C=N–C) groups is 1. The molecule has 1 aliphatic carbocycles. The predicted octanol–water partition coefficient (Wildman–Crippen LogP) is 2.53. The average Bonchev–Trinajstić information content (AvgIpc) is 3.04. The summed E-state index contributed by atoms with van der Waals surface area (Å²) in [6.07, 6.45) is 7.51. The van der Waals surface area contributed by atoms with Crippen molar-refractivity contribution in [3.8, 4) is 0 Å². The van der Waals surface area contributed by atoms with Crippen LogP contribution in [0.2, 0.25) is 0 Å². The fourth-order valence-corrected chi connectivity index (χ4v) is 3.22. The number of amides is 1. The van der Waals surface area contributed by atoms with E-state index < -0.39 is 0 Å². The number of nitrogens with one attached hydrogen (secondary N) is 3. The Bertz CT molecular complexity index is 561. The Balaban J connectivity index is 0.00000338. The molecular formula is C18H32IN5O2. The van der Waals surface area contributed by atoms with Gasteiger partial charge in [-0.2, -0.15) is 0 Å². The SMILES string of the molecule is CCc1noc(CC)c1CNC(=NC)NCC(=O)NC1CCCCC1.I. The lowest BCUT2D eigenvalue weighted by atomic mass is 9.95. The smallest absolute Gasteiger partial charge is 0.239 e. The first kappa shape index (κ1) is 22.7. The van der Waals surface area contributed by atoms with Gasteiger partial charge in [-0.1, -0.05) is 38.3 Å². The van der Waals surface area contributed by atoms with Gasteiger partial charge in [0.25, 0.3) is 0 Å². The van der Waals surface area contributed by atoms with Gasteiger partial charge in [-0.05, 0) is 19.3 Å². The number of carbonyl (C=O) groups is 1. The Kier molecular flexibility index (Phi) is 10.6. The van der Waals surface area contributed by atoms with E-state index in [1.54, 1.807) is 7.05 Å². The monoisotopic (exact) mass is 477 g/mol. The van der Waals surface area contributed by atoms with E-state index in [0.29, 0.717) is 18.5 Å². The summed E-state index contributed by atoms with van der Waals surface area (Å²) in [4.78, 5) is 16.3. The average molecular weight is 477 g/mol. The van der Waals surface area contributed by atoms with Crippen LogP contribution in [0, 0.1) is 0 Å². The molecule has 1 aromatic rings. The summed E-state index contributed by atoms with van der Waals surface area (Å²) in [5.41, 5.74) is 2.05. The zero-order valence-corrected chi connectivity index (χ0v) is 18.4. The number of aryl methyl sites for hydroxylation is 2. The molecule has 0 atom stereocenters. The summed E-state index contributed by atoms with van der Waals surface area (Å²) in [6, 6.07) is 0.328. The van der Waals surface area contributed by atoms with Gasteiger partial charge in [-0.15, -0.1) is 24.0 Å². The number of guanidine groups is 1. The maximum Gasteiger partial charge on any atom is 0.239 e. The fraction of sp³-hybridized carbons (Fsp3) is 0.722. The van der Waals surface area contributed by atoms with E-state index in [1.807, 2.05) is 6.92 Å². The highest BCUT2D eigenvalue weighted by Crippen LogP contribution is 2.17. The fourth-order valence-electron chi connectivity index (χ4n) is 3.22. The Morgan fingerprint density at radius 2 is 1.92 bits per heavy atom. The number of rotatable bonds is 7. The molecule has 1 aromatic heterocycles. The Morgan fingerprint density at radius 3 is 2.54 bits per heavy atom. The van der Waals surface area contributed by atoms with E-state index in [0.717, 1.165) is 42.7 Å². The maximum absolute atomic E-state index is 12.1. The highest BCUT2D eigenvalue weighted by molar-refractivity contribution is 14.0. The lowest BCUT2D eigenvalue weighted by molar-refractivity contribution is -0.120. The molecule has 7 nitrogen and oxygen atoms in total. The minimum Gasteiger partial charge on any atom is -0.361 e. The van der Waals surface area contributed by atoms with Gasteiger partial charge in [-0.25, -0.2) is 0 Å². The normalized spacial score (nSPS) is 15.3. The first-order valence-corrected chi connectivity index (χ1v) is 9.38. The van der Waals surface area contributed by atoms with E-state index >= 15 is 0 Å². The van der Waals surface area contributed by atoms with Crippen LogP contribution in [0.4, 0.5) is 0 Å². The second kappa shape index (κ2) is 12.1. The summed E-state index contributed by atoms with van der Waals surface area (Å²) in [5.74, 6) is 1.52. The van der Waals surface area contributed by atoms with Crippen molar-refractivity contribution in [1.82, 2.24) is 21.1 Å². The zero-order valence-electron chi connectivity index (χ0n) is 16.1. The summed E-state index contributed by atoms with van der Waals surface area (Å²) >= 11 is 0. The van der Waals surface area contributed by atoms with Crippen LogP contribution in [0.5, 0.6) is 0 Å². The highest BCUT2D eigenvalue weighted by atomic mass is 127. The van der Waals surface area contributed by atoms with E-state index in [4.69, 9.17) is 4.52 Å².